The lowest BCUT2D eigenvalue weighted by atomic mass is 9.74. The Kier molecular flexibility index (Phi) is 8.43. The van der Waals surface area contributed by atoms with E-state index < -0.39 is 11.6 Å². The molecule has 1 saturated heterocycles. The second-order valence-corrected chi connectivity index (χ2v) is 11.9. The highest BCUT2D eigenvalue weighted by Crippen LogP contribution is 2.47. The first-order chi connectivity index (χ1) is 17.9. The first-order valence-electron chi connectivity index (χ1n) is 13.2. The Hall–Kier alpha value is -2.58. The van der Waals surface area contributed by atoms with Crippen molar-refractivity contribution in [3.8, 4) is 11.3 Å². The van der Waals surface area contributed by atoms with Crippen LogP contribution in [0.15, 0.2) is 18.2 Å². The number of amides is 1. The zero-order valence-electron chi connectivity index (χ0n) is 22.7. The number of anilines is 1. The van der Waals surface area contributed by atoms with Gasteiger partial charge in [-0.05, 0) is 71.8 Å². The monoisotopic (exact) mass is 562 g/mol. The Morgan fingerprint density at radius 3 is 2.53 bits per heavy atom. The molecule has 8 nitrogen and oxygen atoms in total. The lowest BCUT2D eigenvalue weighted by molar-refractivity contribution is 0.0439. The molecule has 38 heavy (non-hydrogen) atoms. The quantitative estimate of drug-likeness (QED) is 0.410. The fraction of sp³-hybridized carbons (Fsp3) is 0.571. The highest BCUT2D eigenvalue weighted by molar-refractivity contribution is 6.43. The predicted molar refractivity (Wildman–Crippen MR) is 149 cm³/mol. The maximum Gasteiger partial charge on any atom is 0.407 e. The smallest absolute Gasteiger partial charge is 0.407 e. The van der Waals surface area contributed by atoms with Crippen LogP contribution in [0.4, 0.5) is 10.6 Å². The number of carbonyl (C=O) groups excluding carboxylic acids is 2. The SMILES string of the molecule is CCOC(=O)c1nc(-c2cccc(Cl)c2Cl)c(C)nc1N1CCC2(CCC[C@H]2NC(=O)OC(C)(C)C)CC1. The maximum absolute atomic E-state index is 13.0. The van der Waals surface area contributed by atoms with E-state index in [1.54, 1.807) is 19.1 Å². The highest BCUT2D eigenvalue weighted by Gasteiger charge is 2.46. The molecular formula is C28H36Cl2N4O4. The van der Waals surface area contributed by atoms with Gasteiger partial charge in [0.15, 0.2) is 11.5 Å². The molecule has 2 fully saturated rings. The first-order valence-corrected chi connectivity index (χ1v) is 13.9. The molecule has 1 atom stereocenters. The molecule has 1 spiro atoms. The Balaban J connectivity index is 1.59. The number of nitrogens with one attached hydrogen (secondary N) is 1. The Labute approximate surface area is 234 Å². The van der Waals surface area contributed by atoms with E-state index in [9.17, 15) is 9.59 Å². The number of carbonyl (C=O) groups is 2. The zero-order valence-corrected chi connectivity index (χ0v) is 24.2. The highest BCUT2D eigenvalue weighted by atomic mass is 35.5. The van der Waals surface area contributed by atoms with E-state index in [1.165, 1.54) is 0 Å². The van der Waals surface area contributed by atoms with Gasteiger partial charge in [0.2, 0.25) is 0 Å². The Bertz CT molecular complexity index is 1210. The van der Waals surface area contributed by atoms with Crippen LogP contribution in [-0.4, -0.2) is 53.4 Å². The van der Waals surface area contributed by atoms with Gasteiger partial charge in [-0.25, -0.2) is 19.6 Å². The molecule has 1 amide bonds. The number of alkyl carbamates (subject to hydrolysis) is 1. The van der Waals surface area contributed by atoms with Crippen LogP contribution in [-0.2, 0) is 9.47 Å². The van der Waals surface area contributed by atoms with E-state index >= 15 is 0 Å². The summed E-state index contributed by atoms with van der Waals surface area (Å²) in [6.45, 7) is 10.8. The van der Waals surface area contributed by atoms with E-state index in [1.807, 2.05) is 33.8 Å². The van der Waals surface area contributed by atoms with Gasteiger partial charge in [-0.1, -0.05) is 41.8 Å². The van der Waals surface area contributed by atoms with E-state index in [0.717, 1.165) is 32.1 Å². The minimum atomic E-state index is -0.541. The van der Waals surface area contributed by atoms with Crippen molar-refractivity contribution in [3.63, 3.8) is 0 Å². The summed E-state index contributed by atoms with van der Waals surface area (Å²) in [6, 6.07) is 5.36. The Morgan fingerprint density at radius 2 is 1.87 bits per heavy atom. The molecule has 1 aromatic heterocycles. The van der Waals surface area contributed by atoms with Gasteiger partial charge in [-0.3, -0.25) is 0 Å². The third-order valence-corrected chi connectivity index (χ3v) is 8.20. The van der Waals surface area contributed by atoms with Gasteiger partial charge in [0, 0.05) is 24.7 Å². The van der Waals surface area contributed by atoms with Crippen LogP contribution >= 0.6 is 23.2 Å². The number of nitrogens with zero attached hydrogens (tertiary/aromatic N) is 3. The molecule has 0 bridgehead atoms. The molecule has 2 aliphatic rings. The van der Waals surface area contributed by atoms with Crippen molar-refractivity contribution in [2.75, 3.05) is 24.6 Å². The van der Waals surface area contributed by atoms with Crippen molar-refractivity contribution in [2.24, 2.45) is 5.41 Å². The van der Waals surface area contributed by atoms with Crippen molar-refractivity contribution in [1.82, 2.24) is 15.3 Å². The van der Waals surface area contributed by atoms with Crippen molar-refractivity contribution >= 4 is 41.1 Å². The molecule has 4 rings (SSSR count). The van der Waals surface area contributed by atoms with Gasteiger partial charge in [0.05, 0.1) is 28.0 Å². The average Bonchev–Trinajstić information content (AvgIpc) is 3.21. The molecule has 10 heteroatoms. The lowest BCUT2D eigenvalue weighted by Gasteiger charge is -2.44. The lowest BCUT2D eigenvalue weighted by Crippen LogP contribution is -2.51. The topological polar surface area (TPSA) is 93.6 Å². The van der Waals surface area contributed by atoms with E-state index in [2.05, 4.69) is 10.2 Å². The van der Waals surface area contributed by atoms with Gasteiger partial charge < -0.3 is 19.7 Å². The van der Waals surface area contributed by atoms with Crippen LogP contribution in [0.3, 0.4) is 0 Å². The van der Waals surface area contributed by atoms with Crippen molar-refractivity contribution in [1.29, 1.82) is 0 Å². The van der Waals surface area contributed by atoms with Crippen LogP contribution in [0, 0.1) is 12.3 Å². The summed E-state index contributed by atoms with van der Waals surface area (Å²) in [5, 5.41) is 3.90. The molecule has 1 saturated carbocycles. The number of halogens is 2. The third kappa shape index (κ3) is 6.01. The number of hydrogen-bond donors (Lipinski definition) is 1. The molecular weight excluding hydrogens is 527 g/mol. The van der Waals surface area contributed by atoms with Crippen molar-refractivity contribution in [3.05, 3.63) is 39.6 Å². The number of piperidine rings is 1. The molecule has 1 aliphatic heterocycles. The van der Waals surface area contributed by atoms with Gasteiger partial charge in [0.1, 0.15) is 5.60 Å². The van der Waals surface area contributed by atoms with Gasteiger partial charge in [-0.15, -0.1) is 0 Å². The molecule has 1 N–H and O–H groups in total. The second kappa shape index (κ2) is 11.3. The van der Waals surface area contributed by atoms with Crippen LogP contribution in [0.5, 0.6) is 0 Å². The summed E-state index contributed by atoms with van der Waals surface area (Å²) in [5.41, 5.74) is 1.36. The largest absolute Gasteiger partial charge is 0.461 e. The number of aromatic nitrogens is 2. The average molecular weight is 564 g/mol. The number of aryl methyl sites for hydroxylation is 1. The van der Waals surface area contributed by atoms with Crippen LogP contribution in [0.1, 0.15) is 76.0 Å². The molecule has 2 heterocycles. The van der Waals surface area contributed by atoms with Crippen molar-refractivity contribution in [2.45, 2.75) is 78.4 Å². The number of benzene rings is 1. The number of rotatable bonds is 5. The zero-order chi connectivity index (χ0) is 27.7. The summed E-state index contributed by atoms with van der Waals surface area (Å²) >= 11 is 12.7. The van der Waals surface area contributed by atoms with E-state index in [-0.39, 0.29) is 29.9 Å². The molecule has 1 aliphatic carbocycles. The molecule has 2 aromatic rings. The summed E-state index contributed by atoms with van der Waals surface area (Å²) in [7, 11) is 0. The maximum atomic E-state index is 13.0. The number of esters is 1. The second-order valence-electron chi connectivity index (χ2n) is 11.1. The summed E-state index contributed by atoms with van der Waals surface area (Å²) in [4.78, 5) is 37.2. The standard InChI is InChI=1S/C28H36Cl2N4O4/c1-6-37-25(35)23-24(31-17(2)22(33-23)18-9-7-10-19(29)21(18)30)34-15-13-28(14-16-34)12-8-11-20(28)32-26(36)38-27(3,4)5/h7,9-10,20H,6,8,11-16H2,1-5H3,(H,32,36)/t20-/m1/s1. The number of hydrogen-bond acceptors (Lipinski definition) is 7. The van der Waals surface area contributed by atoms with Crippen molar-refractivity contribution < 1.29 is 19.1 Å². The van der Waals surface area contributed by atoms with Gasteiger partial charge >= 0.3 is 12.1 Å². The third-order valence-electron chi connectivity index (χ3n) is 7.38. The normalized spacial score (nSPS) is 18.9. The summed E-state index contributed by atoms with van der Waals surface area (Å²) in [5.74, 6) is -0.0210. The molecule has 0 radical (unpaired) electrons. The van der Waals surface area contributed by atoms with E-state index in [4.69, 9.17) is 42.6 Å². The summed E-state index contributed by atoms with van der Waals surface area (Å²) in [6.07, 6.45) is 4.39. The van der Waals surface area contributed by atoms with Gasteiger partial charge in [0.25, 0.3) is 0 Å². The fourth-order valence-corrected chi connectivity index (χ4v) is 5.97. The molecule has 206 valence electrons. The fourth-order valence-electron chi connectivity index (χ4n) is 5.58. The van der Waals surface area contributed by atoms with Crippen LogP contribution < -0.4 is 10.2 Å². The number of ether oxygens (including phenoxy) is 2. The van der Waals surface area contributed by atoms with Crippen LogP contribution in [0.25, 0.3) is 11.3 Å². The predicted octanol–water partition coefficient (Wildman–Crippen LogP) is 6.60. The Morgan fingerprint density at radius 1 is 1.16 bits per heavy atom. The van der Waals surface area contributed by atoms with Gasteiger partial charge in [-0.2, -0.15) is 0 Å². The minimum absolute atomic E-state index is 0.00573. The first kappa shape index (κ1) is 28.4. The summed E-state index contributed by atoms with van der Waals surface area (Å²) < 4.78 is 10.9. The minimum Gasteiger partial charge on any atom is -0.461 e. The molecule has 1 aromatic carbocycles. The van der Waals surface area contributed by atoms with Crippen LogP contribution in [0.2, 0.25) is 10.0 Å². The van der Waals surface area contributed by atoms with E-state index in [0.29, 0.717) is 45.9 Å². The molecule has 0 unspecified atom stereocenters.